The molecule has 1 aromatic heterocycles. The van der Waals surface area contributed by atoms with Crippen LogP contribution >= 0.6 is 0 Å². The van der Waals surface area contributed by atoms with E-state index in [1.807, 2.05) is 24.3 Å². The summed E-state index contributed by atoms with van der Waals surface area (Å²) in [5, 5.41) is 24.9. The molecule has 1 aliphatic carbocycles. The van der Waals surface area contributed by atoms with Crippen LogP contribution in [0.4, 0.5) is 0 Å². The average Bonchev–Trinajstić information content (AvgIpc) is 3.51. The predicted molar refractivity (Wildman–Crippen MR) is 129 cm³/mol. The third-order valence-electron chi connectivity index (χ3n) is 7.23. The van der Waals surface area contributed by atoms with Gasteiger partial charge in [-0.15, -0.1) is 0 Å². The minimum absolute atomic E-state index is 0.0261. The van der Waals surface area contributed by atoms with Gasteiger partial charge in [0.05, 0.1) is 12.0 Å². The first-order chi connectivity index (χ1) is 17.0. The molecule has 3 aromatic rings. The fourth-order valence-electron chi connectivity index (χ4n) is 5.34. The summed E-state index contributed by atoms with van der Waals surface area (Å²) >= 11 is 0. The topological polar surface area (TPSA) is 121 Å². The maximum absolute atomic E-state index is 13.6. The molecule has 5 rings (SSSR count). The zero-order chi connectivity index (χ0) is 24.4. The van der Waals surface area contributed by atoms with Crippen molar-refractivity contribution in [3.63, 3.8) is 0 Å². The highest BCUT2D eigenvalue weighted by Crippen LogP contribution is 2.39. The van der Waals surface area contributed by atoms with E-state index in [1.54, 1.807) is 24.4 Å². The van der Waals surface area contributed by atoms with E-state index in [9.17, 15) is 19.8 Å². The Balaban J connectivity index is 1.41. The summed E-state index contributed by atoms with van der Waals surface area (Å²) in [5.41, 5.74) is 2.30. The van der Waals surface area contributed by atoms with E-state index in [1.165, 1.54) is 0 Å². The van der Waals surface area contributed by atoms with E-state index in [0.717, 1.165) is 48.6 Å². The van der Waals surface area contributed by atoms with Crippen LogP contribution in [0.2, 0.25) is 0 Å². The SMILES string of the molecule is O=C(N[C@@H](Cc1c[nH]c2ccccc12)C(=O)O)C(c1ccc2c(c1)OCO2)C(O)C1CCCCC1. The molecule has 4 N–H and O–H groups in total. The maximum atomic E-state index is 13.6. The molecule has 0 saturated heterocycles. The summed E-state index contributed by atoms with van der Waals surface area (Å²) in [4.78, 5) is 28.9. The second-order valence-corrected chi connectivity index (χ2v) is 9.44. The second kappa shape index (κ2) is 10.00. The summed E-state index contributed by atoms with van der Waals surface area (Å²) < 4.78 is 10.9. The molecule has 2 aromatic carbocycles. The first kappa shape index (κ1) is 23.2. The van der Waals surface area contributed by atoms with E-state index in [0.29, 0.717) is 17.1 Å². The number of carboxylic acids is 1. The Bertz CT molecular complexity index is 1220. The van der Waals surface area contributed by atoms with Crippen molar-refractivity contribution in [1.29, 1.82) is 0 Å². The molecule has 2 aliphatic rings. The number of carboxylic acid groups (broad SMARTS) is 1. The Morgan fingerprint density at radius 2 is 1.83 bits per heavy atom. The van der Waals surface area contributed by atoms with Gasteiger partial charge in [0.25, 0.3) is 0 Å². The molecule has 1 amide bonds. The Kier molecular flexibility index (Phi) is 6.63. The molecule has 0 spiro atoms. The van der Waals surface area contributed by atoms with Crippen LogP contribution in [0.15, 0.2) is 48.7 Å². The van der Waals surface area contributed by atoms with Crippen LogP contribution in [0, 0.1) is 5.92 Å². The van der Waals surface area contributed by atoms with Gasteiger partial charge in [0.1, 0.15) is 6.04 Å². The van der Waals surface area contributed by atoms with Gasteiger partial charge in [0, 0.05) is 23.5 Å². The lowest BCUT2D eigenvalue weighted by Gasteiger charge is -2.32. The molecule has 0 bridgehead atoms. The predicted octanol–water partition coefficient (Wildman–Crippen LogP) is 3.73. The molecule has 184 valence electrons. The Morgan fingerprint density at radius 3 is 2.63 bits per heavy atom. The number of amides is 1. The molecule has 3 atom stereocenters. The van der Waals surface area contributed by atoms with Gasteiger partial charge in [0.15, 0.2) is 11.5 Å². The number of fused-ring (bicyclic) bond motifs is 2. The van der Waals surface area contributed by atoms with Gasteiger partial charge < -0.3 is 30.0 Å². The van der Waals surface area contributed by atoms with Crippen molar-refractivity contribution in [1.82, 2.24) is 10.3 Å². The number of aliphatic hydroxyl groups is 1. The van der Waals surface area contributed by atoms with Gasteiger partial charge in [-0.3, -0.25) is 4.79 Å². The van der Waals surface area contributed by atoms with E-state index >= 15 is 0 Å². The second-order valence-electron chi connectivity index (χ2n) is 9.44. The molecule has 1 saturated carbocycles. The maximum Gasteiger partial charge on any atom is 0.326 e. The number of rotatable bonds is 8. The lowest BCUT2D eigenvalue weighted by Crippen LogP contribution is -2.47. The number of aliphatic hydroxyl groups excluding tert-OH is 1. The van der Waals surface area contributed by atoms with E-state index in [4.69, 9.17) is 9.47 Å². The first-order valence-electron chi connectivity index (χ1n) is 12.2. The van der Waals surface area contributed by atoms with Crippen molar-refractivity contribution in [2.45, 2.75) is 56.6 Å². The summed E-state index contributed by atoms with van der Waals surface area (Å²) in [5.74, 6) is -1.47. The van der Waals surface area contributed by atoms with Crippen LogP contribution in [0.5, 0.6) is 11.5 Å². The third kappa shape index (κ3) is 4.84. The van der Waals surface area contributed by atoms with Crippen molar-refractivity contribution >= 4 is 22.8 Å². The number of carbonyl (C=O) groups excluding carboxylic acids is 1. The lowest BCUT2D eigenvalue weighted by atomic mass is 9.77. The molecular weight excluding hydrogens is 448 g/mol. The summed E-state index contributed by atoms with van der Waals surface area (Å²) in [6, 6.07) is 11.7. The number of ether oxygens (including phenoxy) is 2. The molecule has 8 nitrogen and oxygen atoms in total. The number of aromatic amines is 1. The molecule has 8 heteroatoms. The number of hydrogen-bond donors (Lipinski definition) is 4. The van der Waals surface area contributed by atoms with Gasteiger partial charge in [-0.2, -0.15) is 0 Å². The molecule has 0 radical (unpaired) electrons. The van der Waals surface area contributed by atoms with Gasteiger partial charge in [0.2, 0.25) is 12.7 Å². The van der Waals surface area contributed by atoms with Gasteiger partial charge >= 0.3 is 5.97 Å². The quantitative estimate of drug-likeness (QED) is 0.392. The van der Waals surface area contributed by atoms with E-state index in [2.05, 4.69) is 10.3 Å². The summed E-state index contributed by atoms with van der Waals surface area (Å²) in [6.07, 6.45) is 5.79. The minimum atomic E-state index is -1.14. The standard InChI is InChI=1S/C27H30N2O6/c30-25(16-6-2-1-3-7-16)24(17-10-11-22-23(13-17)35-15-34-22)26(31)29-21(27(32)33)12-18-14-28-20-9-5-4-8-19(18)20/h4-5,8-11,13-14,16,21,24-25,28,30H,1-3,6-7,12,15H2,(H,29,31)(H,32,33)/t21-,24?,25?/m0/s1. The average molecular weight is 479 g/mol. The van der Waals surface area contributed by atoms with Crippen molar-refractivity contribution in [3.05, 3.63) is 59.8 Å². The monoisotopic (exact) mass is 478 g/mol. The highest BCUT2D eigenvalue weighted by atomic mass is 16.7. The zero-order valence-electron chi connectivity index (χ0n) is 19.4. The van der Waals surface area contributed by atoms with Crippen LogP contribution in [0.1, 0.15) is 49.1 Å². The van der Waals surface area contributed by atoms with Gasteiger partial charge in [-0.1, -0.05) is 43.5 Å². The number of aliphatic carboxylic acids is 1. The van der Waals surface area contributed by atoms with Crippen molar-refractivity contribution in [3.8, 4) is 11.5 Å². The number of aromatic nitrogens is 1. The van der Waals surface area contributed by atoms with Crippen LogP contribution in [0.25, 0.3) is 10.9 Å². The van der Waals surface area contributed by atoms with Crippen molar-refractivity contribution in [2.24, 2.45) is 5.92 Å². The van der Waals surface area contributed by atoms with Gasteiger partial charge in [-0.25, -0.2) is 4.79 Å². The number of hydrogen-bond acceptors (Lipinski definition) is 5. The Labute approximate surface area is 203 Å². The van der Waals surface area contributed by atoms with E-state index in [-0.39, 0.29) is 19.1 Å². The molecule has 2 unspecified atom stereocenters. The number of nitrogens with one attached hydrogen (secondary N) is 2. The first-order valence-corrected chi connectivity index (χ1v) is 12.2. The fourth-order valence-corrected chi connectivity index (χ4v) is 5.34. The van der Waals surface area contributed by atoms with Crippen LogP contribution in [-0.4, -0.2) is 46.0 Å². The van der Waals surface area contributed by atoms with Crippen molar-refractivity contribution in [2.75, 3.05) is 6.79 Å². The zero-order valence-corrected chi connectivity index (χ0v) is 19.4. The third-order valence-corrected chi connectivity index (χ3v) is 7.23. The Morgan fingerprint density at radius 1 is 1.06 bits per heavy atom. The highest BCUT2D eigenvalue weighted by molar-refractivity contribution is 5.90. The minimum Gasteiger partial charge on any atom is -0.480 e. The van der Waals surface area contributed by atoms with Crippen LogP contribution in [0.3, 0.4) is 0 Å². The van der Waals surface area contributed by atoms with E-state index < -0.39 is 29.9 Å². The fraction of sp³-hybridized carbons (Fsp3) is 0.407. The summed E-state index contributed by atoms with van der Waals surface area (Å²) in [7, 11) is 0. The molecule has 1 fully saturated rings. The summed E-state index contributed by atoms with van der Waals surface area (Å²) in [6.45, 7) is 0.104. The number of H-pyrrole nitrogens is 1. The van der Waals surface area contributed by atoms with Crippen molar-refractivity contribution < 1.29 is 29.3 Å². The van der Waals surface area contributed by atoms with Gasteiger partial charge in [-0.05, 0) is 48.1 Å². The normalized spacial score (nSPS) is 18.2. The smallest absolute Gasteiger partial charge is 0.326 e. The molecular formula is C27H30N2O6. The molecule has 35 heavy (non-hydrogen) atoms. The highest BCUT2D eigenvalue weighted by Gasteiger charge is 2.37. The lowest BCUT2D eigenvalue weighted by molar-refractivity contribution is -0.142. The molecule has 1 aliphatic heterocycles. The number of para-hydroxylation sites is 1. The Hall–Kier alpha value is -3.52. The molecule has 2 heterocycles. The van der Waals surface area contributed by atoms with Crippen LogP contribution in [-0.2, 0) is 16.0 Å². The van der Waals surface area contributed by atoms with Crippen LogP contribution < -0.4 is 14.8 Å². The largest absolute Gasteiger partial charge is 0.480 e. The number of carbonyl (C=O) groups is 2. The number of benzene rings is 2.